The van der Waals surface area contributed by atoms with Crippen molar-refractivity contribution in [1.82, 2.24) is 9.97 Å². The maximum absolute atomic E-state index is 13.2. The number of nitrogens with zero attached hydrogens (tertiary/aromatic N) is 2. The Labute approximate surface area is 170 Å². The van der Waals surface area contributed by atoms with Crippen molar-refractivity contribution in [2.24, 2.45) is 0 Å². The standard InChI is InChI=1S/C22H14ClN3O3/c23-16-9-7-15(8-10-16)21(27)18(13-14-5-11-17(12-6-14)26(28)29)22-24-19-3-1-2-4-20(19)25-22/h1-13H,(H,24,25). The van der Waals surface area contributed by atoms with Crippen molar-refractivity contribution < 1.29 is 9.72 Å². The molecule has 1 N–H and O–H groups in total. The number of nitro groups is 1. The minimum Gasteiger partial charge on any atom is -0.338 e. The molecule has 0 aliphatic rings. The minimum atomic E-state index is -0.466. The predicted octanol–water partition coefficient (Wildman–Crippen LogP) is 5.55. The van der Waals surface area contributed by atoms with E-state index in [-0.39, 0.29) is 11.5 Å². The van der Waals surface area contributed by atoms with E-state index in [1.165, 1.54) is 12.1 Å². The molecular weight excluding hydrogens is 390 g/mol. The van der Waals surface area contributed by atoms with E-state index in [0.29, 0.717) is 27.5 Å². The van der Waals surface area contributed by atoms with Gasteiger partial charge >= 0.3 is 0 Å². The van der Waals surface area contributed by atoms with Crippen LogP contribution in [0.2, 0.25) is 5.02 Å². The molecule has 0 bridgehead atoms. The molecule has 0 fully saturated rings. The summed E-state index contributed by atoms with van der Waals surface area (Å²) in [5.41, 5.74) is 2.98. The molecule has 7 heteroatoms. The topological polar surface area (TPSA) is 88.9 Å². The zero-order valence-corrected chi connectivity index (χ0v) is 15.8. The quantitative estimate of drug-likeness (QED) is 0.205. The molecule has 1 heterocycles. The number of aromatic amines is 1. The van der Waals surface area contributed by atoms with Gasteiger partial charge in [-0.05, 0) is 60.2 Å². The van der Waals surface area contributed by atoms with Gasteiger partial charge in [0.2, 0.25) is 0 Å². The third kappa shape index (κ3) is 3.93. The number of hydrogen-bond acceptors (Lipinski definition) is 4. The van der Waals surface area contributed by atoms with E-state index >= 15 is 0 Å². The van der Waals surface area contributed by atoms with Gasteiger partial charge in [-0.3, -0.25) is 14.9 Å². The molecule has 0 amide bonds. The SMILES string of the molecule is O=C(C(=Cc1ccc([N+](=O)[O-])cc1)c1nc2ccccc2[nH]1)c1ccc(Cl)cc1. The predicted molar refractivity (Wildman–Crippen MR) is 113 cm³/mol. The molecule has 0 aliphatic heterocycles. The second-order valence-electron chi connectivity index (χ2n) is 6.35. The molecule has 0 saturated carbocycles. The third-order valence-electron chi connectivity index (χ3n) is 4.41. The number of imidazole rings is 1. The van der Waals surface area contributed by atoms with Crippen molar-refractivity contribution in [3.8, 4) is 0 Å². The van der Waals surface area contributed by atoms with E-state index in [1.807, 2.05) is 24.3 Å². The highest BCUT2D eigenvalue weighted by Gasteiger charge is 2.18. The average Bonchev–Trinajstić information content (AvgIpc) is 3.16. The average molecular weight is 404 g/mol. The summed E-state index contributed by atoms with van der Waals surface area (Å²) < 4.78 is 0. The number of carbonyl (C=O) groups excluding carboxylic acids is 1. The second-order valence-corrected chi connectivity index (χ2v) is 6.78. The van der Waals surface area contributed by atoms with Crippen LogP contribution in [0.1, 0.15) is 21.7 Å². The number of para-hydroxylation sites is 2. The first-order chi connectivity index (χ1) is 14.0. The van der Waals surface area contributed by atoms with Gasteiger partial charge in [0.05, 0.1) is 21.5 Å². The molecule has 0 unspecified atom stereocenters. The zero-order chi connectivity index (χ0) is 20.4. The summed E-state index contributed by atoms with van der Waals surface area (Å²) in [6.07, 6.45) is 1.67. The number of halogens is 1. The molecule has 0 aliphatic carbocycles. The Kier molecular flexibility index (Phi) is 4.93. The Morgan fingerprint density at radius 3 is 2.34 bits per heavy atom. The van der Waals surface area contributed by atoms with E-state index in [0.717, 1.165) is 11.0 Å². The fraction of sp³-hybridized carbons (Fsp3) is 0. The van der Waals surface area contributed by atoms with Crippen LogP contribution >= 0.6 is 11.6 Å². The maximum Gasteiger partial charge on any atom is 0.269 e. The summed E-state index contributed by atoms with van der Waals surface area (Å²) in [7, 11) is 0. The van der Waals surface area contributed by atoms with Crippen LogP contribution in [-0.2, 0) is 0 Å². The number of non-ortho nitro benzene ring substituents is 1. The molecule has 0 saturated heterocycles. The van der Waals surface area contributed by atoms with Crippen LogP contribution in [0.5, 0.6) is 0 Å². The number of allylic oxidation sites excluding steroid dienone is 1. The summed E-state index contributed by atoms with van der Waals surface area (Å²) >= 11 is 5.94. The van der Waals surface area contributed by atoms with Gasteiger partial charge in [-0.15, -0.1) is 0 Å². The molecule has 142 valence electrons. The highest BCUT2D eigenvalue weighted by Crippen LogP contribution is 2.25. The number of nitrogens with one attached hydrogen (secondary N) is 1. The Morgan fingerprint density at radius 2 is 1.69 bits per heavy atom. The lowest BCUT2D eigenvalue weighted by Crippen LogP contribution is -2.04. The number of hydrogen-bond donors (Lipinski definition) is 1. The molecular formula is C22H14ClN3O3. The Balaban J connectivity index is 1.82. The fourth-order valence-corrected chi connectivity index (χ4v) is 3.06. The molecule has 4 aromatic rings. The van der Waals surface area contributed by atoms with Crippen molar-refractivity contribution >= 4 is 45.8 Å². The highest BCUT2D eigenvalue weighted by molar-refractivity contribution is 6.33. The second kappa shape index (κ2) is 7.69. The van der Waals surface area contributed by atoms with E-state index < -0.39 is 4.92 Å². The minimum absolute atomic E-state index is 0.0172. The van der Waals surface area contributed by atoms with Crippen LogP contribution in [0.15, 0.2) is 72.8 Å². The van der Waals surface area contributed by atoms with Gasteiger partial charge in [-0.25, -0.2) is 4.98 Å². The van der Waals surface area contributed by atoms with E-state index in [2.05, 4.69) is 9.97 Å². The van der Waals surface area contributed by atoms with Crippen molar-refractivity contribution in [2.75, 3.05) is 0 Å². The van der Waals surface area contributed by atoms with Crippen LogP contribution in [-0.4, -0.2) is 20.7 Å². The van der Waals surface area contributed by atoms with Crippen LogP contribution in [0.4, 0.5) is 5.69 Å². The summed E-state index contributed by atoms with van der Waals surface area (Å²) in [5.74, 6) is 0.184. The third-order valence-corrected chi connectivity index (χ3v) is 4.66. The first-order valence-electron chi connectivity index (χ1n) is 8.73. The summed E-state index contributed by atoms with van der Waals surface area (Å²) in [6, 6.07) is 20.1. The number of fused-ring (bicyclic) bond motifs is 1. The smallest absolute Gasteiger partial charge is 0.269 e. The Hall–Kier alpha value is -3.77. The van der Waals surface area contributed by atoms with Crippen LogP contribution in [0, 0.1) is 10.1 Å². The van der Waals surface area contributed by atoms with Gasteiger partial charge < -0.3 is 4.98 Å². The Bertz CT molecular complexity index is 1210. The fourth-order valence-electron chi connectivity index (χ4n) is 2.94. The Morgan fingerprint density at radius 1 is 1.00 bits per heavy atom. The number of rotatable bonds is 5. The lowest BCUT2D eigenvalue weighted by atomic mass is 10.0. The highest BCUT2D eigenvalue weighted by atomic mass is 35.5. The van der Waals surface area contributed by atoms with Crippen LogP contribution in [0.25, 0.3) is 22.7 Å². The van der Waals surface area contributed by atoms with Gasteiger partial charge in [0.25, 0.3) is 5.69 Å². The monoisotopic (exact) mass is 403 g/mol. The lowest BCUT2D eigenvalue weighted by molar-refractivity contribution is -0.384. The van der Waals surface area contributed by atoms with E-state index in [9.17, 15) is 14.9 Å². The number of carbonyl (C=O) groups is 1. The van der Waals surface area contributed by atoms with Gasteiger partial charge in [-0.1, -0.05) is 23.7 Å². The summed E-state index contributed by atoms with van der Waals surface area (Å²) in [5, 5.41) is 11.4. The van der Waals surface area contributed by atoms with Crippen molar-refractivity contribution in [2.45, 2.75) is 0 Å². The molecule has 0 spiro atoms. The van der Waals surface area contributed by atoms with E-state index in [4.69, 9.17) is 11.6 Å². The molecule has 1 aromatic heterocycles. The van der Waals surface area contributed by atoms with Crippen LogP contribution in [0.3, 0.4) is 0 Å². The first-order valence-corrected chi connectivity index (χ1v) is 9.10. The number of aromatic nitrogens is 2. The molecule has 0 radical (unpaired) electrons. The maximum atomic E-state index is 13.2. The number of benzene rings is 3. The lowest BCUT2D eigenvalue weighted by Gasteiger charge is -2.05. The molecule has 6 nitrogen and oxygen atoms in total. The summed E-state index contributed by atoms with van der Waals surface area (Å²) in [6.45, 7) is 0. The number of H-pyrrole nitrogens is 1. The first kappa shape index (κ1) is 18.6. The molecule has 29 heavy (non-hydrogen) atoms. The van der Waals surface area contributed by atoms with E-state index in [1.54, 1.807) is 42.5 Å². The molecule has 3 aromatic carbocycles. The number of Topliss-reactive ketones (excluding diaryl/α,β-unsaturated/α-hetero) is 1. The van der Waals surface area contributed by atoms with Gasteiger partial charge in [-0.2, -0.15) is 0 Å². The van der Waals surface area contributed by atoms with Crippen LogP contribution < -0.4 is 0 Å². The van der Waals surface area contributed by atoms with Crippen molar-refractivity contribution in [3.63, 3.8) is 0 Å². The largest absolute Gasteiger partial charge is 0.338 e. The molecule has 0 atom stereocenters. The van der Waals surface area contributed by atoms with Crippen molar-refractivity contribution in [1.29, 1.82) is 0 Å². The van der Waals surface area contributed by atoms with Gasteiger partial charge in [0.15, 0.2) is 5.78 Å². The normalized spacial score (nSPS) is 11.6. The van der Waals surface area contributed by atoms with Gasteiger partial charge in [0.1, 0.15) is 5.82 Å². The van der Waals surface area contributed by atoms with Gasteiger partial charge in [0, 0.05) is 22.7 Å². The number of nitro benzene ring substituents is 1. The molecule has 4 rings (SSSR count). The summed E-state index contributed by atoms with van der Waals surface area (Å²) in [4.78, 5) is 31.4. The number of ketones is 1. The zero-order valence-electron chi connectivity index (χ0n) is 15.0. The van der Waals surface area contributed by atoms with Crippen molar-refractivity contribution in [3.05, 3.63) is 105 Å².